The van der Waals surface area contributed by atoms with Gasteiger partial charge < -0.3 is 10.1 Å². The first kappa shape index (κ1) is 18.0. The van der Waals surface area contributed by atoms with Gasteiger partial charge in [0.25, 0.3) is 0 Å². The average Bonchev–Trinajstić information content (AvgIpc) is 2.42. The molecule has 0 aromatic carbocycles. The Labute approximate surface area is 130 Å². The second-order valence-corrected chi connectivity index (χ2v) is 6.77. The van der Waals surface area contributed by atoms with Crippen LogP contribution in [0.4, 0.5) is 0 Å². The third-order valence-corrected chi connectivity index (χ3v) is 4.10. The van der Waals surface area contributed by atoms with Crippen LogP contribution in [0.2, 0.25) is 0 Å². The fourth-order valence-corrected chi connectivity index (χ4v) is 2.71. The van der Waals surface area contributed by atoms with Crippen LogP contribution in [0.25, 0.3) is 0 Å². The zero-order valence-corrected chi connectivity index (χ0v) is 14.7. The summed E-state index contributed by atoms with van der Waals surface area (Å²) in [7, 11) is 1.73. The molecule has 0 radical (unpaired) electrons. The van der Waals surface area contributed by atoms with Crippen LogP contribution in [0, 0.1) is 19.3 Å². The summed E-state index contributed by atoms with van der Waals surface area (Å²) < 4.78 is 5.46. The summed E-state index contributed by atoms with van der Waals surface area (Å²) in [4.78, 5) is 4.54. The molecular weight excluding hydrogens is 260 g/mol. The molecule has 0 aliphatic carbocycles. The Morgan fingerprint density at radius 2 is 1.95 bits per heavy atom. The second-order valence-electron chi connectivity index (χ2n) is 6.77. The Balaban J connectivity index is 2.52. The Kier molecular flexibility index (Phi) is 7.16. The number of unbranched alkanes of at least 4 members (excludes halogenated alkanes) is 2. The molecule has 0 bridgehead atoms. The van der Waals surface area contributed by atoms with Gasteiger partial charge in [-0.25, -0.2) is 0 Å². The van der Waals surface area contributed by atoms with Crippen molar-refractivity contribution >= 4 is 0 Å². The fraction of sp³-hybridized carbons (Fsp3) is 0.722. The van der Waals surface area contributed by atoms with Crippen molar-refractivity contribution in [2.75, 3.05) is 13.7 Å². The van der Waals surface area contributed by atoms with Crippen LogP contribution in [-0.4, -0.2) is 18.6 Å². The predicted molar refractivity (Wildman–Crippen MR) is 89.9 cm³/mol. The minimum atomic E-state index is 0.345. The number of hydrogen-bond acceptors (Lipinski definition) is 3. The summed E-state index contributed by atoms with van der Waals surface area (Å²) in [6.45, 7) is 12.9. The van der Waals surface area contributed by atoms with Crippen LogP contribution in [0.3, 0.4) is 0 Å². The maximum Gasteiger partial charge on any atom is 0.128 e. The first-order valence-corrected chi connectivity index (χ1v) is 8.11. The number of nitrogens with zero attached hydrogens (tertiary/aromatic N) is 1. The Bertz CT molecular complexity index is 441. The second kappa shape index (κ2) is 8.38. The van der Waals surface area contributed by atoms with Crippen molar-refractivity contribution in [2.24, 2.45) is 5.41 Å². The van der Waals surface area contributed by atoms with Crippen molar-refractivity contribution in [3.8, 4) is 5.75 Å². The van der Waals surface area contributed by atoms with Gasteiger partial charge in [0.05, 0.1) is 12.8 Å². The number of aryl methyl sites for hydroxylation is 1. The third kappa shape index (κ3) is 5.66. The fourth-order valence-electron chi connectivity index (χ4n) is 2.71. The standard InChI is InChI=1S/C18H32N2O/c1-7-8-9-10-18(4,5)13-19-12-16-15(3)17(21-6)14(2)11-20-16/h11,19H,7-10,12-13H2,1-6H3. The lowest BCUT2D eigenvalue weighted by Gasteiger charge is -2.25. The van der Waals surface area contributed by atoms with Crippen LogP contribution >= 0.6 is 0 Å². The van der Waals surface area contributed by atoms with Gasteiger partial charge in [0, 0.05) is 30.4 Å². The molecular formula is C18H32N2O. The normalized spacial score (nSPS) is 11.7. The quantitative estimate of drug-likeness (QED) is 0.685. The van der Waals surface area contributed by atoms with Crippen molar-refractivity contribution in [2.45, 2.75) is 66.8 Å². The largest absolute Gasteiger partial charge is 0.496 e. The van der Waals surface area contributed by atoms with Gasteiger partial charge in [-0.3, -0.25) is 4.98 Å². The Hall–Kier alpha value is -1.09. The topological polar surface area (TPSA) is 34.2 Å². The molecule has 120 valence electrons. The molecule has 1 heterocycles. The highest BCUT2D eigenvalue weighted by Crippen LogP contribution is 2.25. The summed E-state index contributed by atoms with van der Waals surface area (Å²) in [6, 6.07) is 0. The molecule has 0 atom stereocenters. The molecule has 1 aromatic rings. The highest BCUT2D eigenvalue weighted by Gasteiger charge is 2.17. The van der Waals surface area contributed by atoms with Crippen molar-refractivity contribution in [3.05, 3.63) is 23.0 Å². The minimum absolute atomic E-state index is 0.345. The molecule has 1 aromatic heterocycles. The van der Waals surface area contributed by atoms with E-state index in [0.29, 0.717) is 5.41 Å². The molecule has 21 heavy (non-hydrogen) atoms. The lowest BCUT2D eigenvalue weighted by atomic mass is 9.87. The molecule has 0 fully saturated rings. The van der Waals surface area contributed by atoms with Crippen molar-refractivity contribution in [1.29, 1.82) is 0 Å². The van der Waals surface area contributed by atoms with Gasteiger partial charge in [0.15, 0.2) is 0 Å². The zero-order valence-electron chi connectivity index (χ0n) is 14.7. The van der Waals surface area contributed by atoms with Crippen molar-refractivity contribution in [3.63, 3.8) is 0 Å². The number of ether oxygens (including phenoxy) is 1. The van der Waals surface area contributed by atoms with E-state index >= 15 is 0 Å². The van der Waals surface area contributed by atoms with Gasteiger partial charge in [-0.2, -0.15) is 0 Å². The minimum Gasteiger partial charge on any atom is -0.496 e. The number of methoxy groups -OCH3 is 1. The maximum absolute atomic E-state index is 5.46. The van der Waals surface area contributed by atoms with E-state index in [9.17, 15) is 0 Å². The highest BCUT2D eigenvalue weighted by atomic mass is 16.5. The van der Waals surface area contributed by atoms with Crippen LogP contribution < -0.4 is 10.1 Å². The molecule has 0 saturated heterocycles. The van der Waals surface area contributed by atoms with E-state index in [4.69, 9.17) is 4.74 Å². The Morgan fingerprint density at radius 1 is 1.24 bits per heavy atom. The number of rotatable bonds is 9. The van der Waals surface area contributed by atoms with E-state index < -0.39 is 0 Å². The summed E-state index contributed by atoms with van der Waals surface area (Å²) in [5.41, 5.74) is 3.67. The summed E-state index contributed by atoms with van der Waals surface area (Å²) in [5, 5.41) is 3.56. The van der Waals surface area contributed by atoms with Crippen LogP contribution in [0.1, 0.15) is 63.3 Å². The van der Waals surface area contributed by atoms with E-state index in [0.717, 1.165) is 35.7 Å². The zero-order chi connectivity index (χ0) is 15.9. The van der Waals surface area contributed by atoms with E-state index in [1.165, 1.54) is 25.7 Å². The van der Waals surface area contributed by atoms with Gasteiger partial charge in [0.2, 0.25) is 0 Å². The summed E-state index contributed by atoms with van der Waals surface area (Å²) in [5.74, 6) is 0.962. The number of nitrogens with one attached hydrogen (secondary N) is 1. The molecule has 3 heteroatoms. The van der Waals surface area contributed by atoms with Crippen molar-refractivity contribution in [1.82, 2.24) is 10.3 Å². The Morgan fingerprint density at radius 3 is 2.57 bits per heavy atom. The number of hydrogen-bond donors (Lipinski definition) is 1. The molecule has 0 unspecified atom stereocenters. The highest BCUT2D eigenvalue weighted by molar-refractivity contribution is 5.40. The van der Waals surface area contributed by atoms with E-state index in [1.807, 2.05) is 13.1 Å². The van der Waals surface area contributed by atoms with Crippen LogP contribution in [0.5, 0.6) is 5.75 Å². The molecule has 0 amide bonds. The van der Waals surface area contributed by atoms with Crippen LogP contribution in [0.15, 0.2) is 6.20 Å². The predicted octanol–water partition coefficient (Wildman–Crippen LogP) is 4.40. The molecule has 0 saturated carbocycles. The van der Waals surface area contributed by atoms with Gasteiger partial charge >= 0.3 is 0 Å². The van der Waals surface area contributed by atoms with E-state index in [2.05, 4.69) is 38.0 Å². The smallest absolute Gasteiger partial charge is 0.128 e. The van der Waals surface area contributed by atoms with Gasteiger partial charge in [-0.1, -0.05) is 40.0 Å². The molecule has 1 N–H and O–H groups in total. The van der Waals surface area contributed by atoms with Crippen LogP contribution in [-0.2, 0) is 6.54 Å². The maximum atomic E-state index is 5.46. The lowest BCUT2D eigenvalue weighted by molar-refractivity contribution is 0.301. The van der Waals surface area contributed by atoms with Gasteiger partial charge in [-0.05, 0) is 25.7 Å². The van der Waals surface area contributed by atoms with Gasteiger partial charge in [-0.15, -0.1) is 0 Å². The molecule has 3 nitrogen and oxygen atoms in total. The van der Waals surface area contributed by atoms with Crippen molar-refractivity contribution < 1.29 is 4.74 Å². The number of aromatic nitrogens is 1. The lowest BCUT2D eigenvalue weighted by Crippen LogP contribution is -2.29. The van der Waals surface area contributed by atoms with E-state index in [-0.39, 0.29) is 0 Å². The van der Waals surface area contributed by atoms with Gasteiger partial charge in [0.1, 0.15) is 5.75 Å². The average molecular weight is 292 g/mol. The molecule has 0 aliphatic heterocycles. The monoisotopic (exact) mass is 292 g/mol. The number of pyridine rings is 1. The first-order valence-electron chi connectivity index (χ1n) is 8.11. The summed E-state index contributed by atoms with van der Waals surface area (Å²) >= 11 is 0. The first-order chi connectivity index (χ1) is 9.91. The van der Waals surface area contributed by atoms with E-state index in [1.54, 1.807) is 7.11 Å². The molecule has 1 rings (SSSR count). The third-order valence-electron chi connectivity index (χ3n) is 4.10. The molecule has 0 aliphatic rings. The molecule has 0 spiro atoms. The summed E-state index contributed by atoms with van der Waals surface area (Å²) in [6.07, 6.45) is 7.11. The SMILES string of the molecule is CCCCCC(C)(C)CNCc1ncc(C)c(OC)c1C.